The van der Waals surface area contributed by atoms with Gasteiger partial charge in [0, 0.05) is 0 Å². The zero-order valence-electron chi connectivity index (χ0n) is 12.2. The molecule has 5 nitrogen and oxygen atoms in total. The van der Waals surface area contributed by atoms with Crippen molar-refractivity contribution in [1.82, 2.24) is 0 Å². The molecule has 0 spiro atoms. The molecule has 0 bridgehead atoms. The molecular formula is C15H18N2O3S. The molecule has 0 aliphatic carbocycles. The number of ether oxygens (including phenoxy) is 1. The Balaban J connectivity index is 2.43. The predicted octanol–water partition coefficient (Wildman–Crippen LogP) is 2.70. The Morgan fingerprint density at radius 2 is 1.81 bits per heavy atom. The topological polar surface area (TPSA) is 81.4 Å². The maximum atomic E-state index is 12.5. The number of nitrogens with one attached hydrogen (secondary N) is 1. The molecule has 0 radical (unpaired) electrons. The summed E-state index contributed by atoms with van der Waals surface area (Å²) in [5.41, 5.74) is 7.91. The smallest absolute Gasteiger partial charge is 0.264 e. The normalized spacial score (nSPS) is 11.2. The number of anilines is 2. The number of benzene rings is 2. The molecule has 0 atom stereocenters. The van der Waals surface area contributed by atoms with Crippen LogP contribution in [-0.4, -0.2) is 15.5 Å². The first-order valence-corrected chi connectivity index (χ1v) is 7.86. The van der Waals surface area contributed by atoms with E-state index in [2.05, 4.69) is 4.72 Å². The van der Waals surface area contributed by atoms with E-state index in [4.69, 9.17) is 10.5 Å². The number of methoxy groups -OCH3 is 1. The molecule has 3 N–H and O–H groups in total. The van der Waals surface area contributed by atoms with Gasteiger partial charge in [0.1, 0.15) is 10.6 Å². The number of hydrogen-bond acceptors (Lipinski definition) is 4. The lowest BCUT2D eigenvalue weighted by Crippen LogP contribution is -2.16. The van der Waals surface area contributed by atoms with Crippen LogP contribution in [0.25, 0.3) is 0 Å². The molecule has 0 aliphatic heterocycles. The van der Waals surface area contributed by atoms with Gasteiger partial charge in [-0.25, -0.2) is 8.42 Å². The number of aryl methyl sites for hydroxylation is 2. The monoisotopic (exact) mass is 306 g/mol. The number of rotatable bonds is 4. The first-order chi connectivity index (χ1) is 9.85. The summed E-state index contributed by atoms with van der Waals surface area (Å²) in [6.45, 7) is 3.52. The van der Waals surface area contributed by atoms with Gasteiger partial charge in [0.15, 0.2) is 0 Å². The highest BCUT2D eigenvalue weighted by Gasteiger charge is 2.20. The van der Waals surface area contributed by atoms with Gasteiger partial charge in [0.05, 0.1) is 18.5 Å². The Hall–Kier alpha value is -2.21. The van der Waals surface area contributed by atoms with Gasteiger partial charge < -0.3 is 10.5 Å². The lowest BCUT2D eigenvalue weighted by atomic mass is 10.2. The third-order valence-corrected chi connectivity index (χ3v) is 4.77. The highest BCUT2D eigenvalue weighted by atomic mass is 32.2. The zero-order valence-corrected chi connectivity index (χ0v) is 13.0. The van der Waals surface area contributed by atoms with Crippen molar-refractivity contribution in [2.75, 3.05) is 17.6 Å². The molecule has 0 saturated carbocycles. The summed E-state index contributed by atoms with van der Waals surface area (Å²) >= 11 is 0. The molecule has 0 aliphatic rings. The molecule has 6 heteroatoms. The first-order valence-electron chi connectivity index (χ1n) is 6.37. The Morgan fingerprint density at radius 3 is 2.38 bits per heavy atom. The third kappa shape index (κ3) is 3.11. The van der Waals surface area contributed by atoms with E-state index in [0.717, 1.165) is 5.56 Å². The zero-order chi connectivity index (χ0) is 15.6. The minimum Gasteiger partial charge on any atom is -0.497 e. The summed E-state index contributed by atoms with van der Waals surface area (Å²) in [5.74, 6) is 0.672. The van der Waals surface area contributed by atoms with Crippen LogP contribution >= 0.6 is 0 Å². The number of hydrogen-bond donors (Lipinski definition) is 2. The molecule has 0 fully saturated rings. The average Bonchev–Trinajstić information content (AvgIpc) is 2.40. The van der Waals surface area contributed by atoms with E-state index >= 15 is 0 Å². The van der Waals surface area contributed by atoms with Crippen LogP contribution in [-0.2, 0) is 10.0 Å². The van der Waals surface area contributed by atoms with E-state index in [-0.39, 0.29) is 10.6 Å². The van der Waals surface area contributed by atoms with Gasteiger partial charge in [-0.15, -0.1) is 0 Å². The molecular weight excluding hydrogens is 288 g/mol. The number of sulfonamides is 1. The predicted molar refractivity (Wildman–Crippen MR) is 84.1 cm³/mol. The quantitative estimate of drug-likeness (QED) is 0.851. The van der Waals surface area contributed by atoms with Crippen LogP contribution in [0, 0.1) is 13.8 Å². The van der Waals surface area contributed by atoms with Gasteiger partial charge in [-0.2, -0.15) is 0 Å². The molecule has 21 heavy (non-hydrogen) atoms. The Kier molecular flexibility index (Phi) is 4.09. The fraction of sp³-hybridized carbons (Fsp3) is 0.200. The van der Waals surface area contributed by atoms with Crippen LogP contribution in [0.2, 0.25) is 0 Å². The van der Waals surface area contributed by atoms with Crippen LogP contribution in [0.3, 0.4) is 0 Å². The SMILES string of the molecule is COc1ccc(NS(=O)(=O)c2c(C)cccc2N)c(C)c1. The maximum Gasteiger partial charge on any atom is 0.264 e. The van der Waals surface area contributed by atoms with Crippen LogP contribution in [0.5, 0.6) is 5.75 Å². The van der Waals surface area contributed by atoms with Crippen molar-refractivity contribution in [3.05, 3.63) is 47.5 Å². The van der Waals surface area contributed by atoms with Crippen LogP contribution in [0.15, 0.2) is 41.3 Å². The van der Waals surface area contributed by atoms with E-state index in [1.807, 2.05) is 6.92 Å². The van der Waals surface area contributed by atoms with Gasteiger partial charge in [0.25, 0.3) is 10.0 Å². The van der Waals surface area contributed by atoms with Gasteiger partial charge >= 0.3 is 0 Å². The summed E-state index contributed by atoms with van der Waals surface area (Å²) in [6, 6.07) is 10.1. The molecule has 2 rings (SSSR count). The summed E-state index contributed by atoms with van der Waals surface area (Å²) < 4.78 is 32.7. The molecule has 0 heterocycles. The van der Waals surface area contributed by atoms with E-state index in [0.29, 0.717) is 17.0 Å². The summed E-state index contributed by atoms with van der Waals surface area (Å²) in [4.78, 5) is 0.111. The van der Waals surface area contributed by atoms with Crippen LogP contribution in [0.1, 0.15) is 11.1 Å². The summed E-state index contributed by atoms with van der Waals surface area (Å²) in [6.07, 6.45) is 0. The third-order valence-electron chi connectivity index (χ3n) is 3.19. The second-order valence-electron chi connectivity index (χ2n) is 4.78. The van der Waals surface area contributed by atoms with Gasteiger partial charge in [0.2, 0.25) is 0 Å². The minimum atomic E-state index is -3.73. The lowest BCUT2D eigenvalue weighted by molar-refractivity contribution is 0.414. The van der Waals surface area contributed by atoms with E-state index in [9.17, 15) is 8.42 Å². The van der Waals surface area contributed by atoms with Crippen molar-refractivity contribution in [2.24, 2.45) is 0 Å². The highest BCUT2D eigenvalue weighted by molar-refractivity contribution is 7.93. The summed E-state index contributed by atoms with van der Waals surface area (Å²) in [7, 11) is -2.17. The number of nitrogens with two attached hydrogens (primary N) is 1. The minimum absolute atomic E-state index is 0.111. The molecule has 0 saturated heterocycles. The standard InChI is InChI=1S/C15H18N2O3S/c1-10-5-4-6-13(16)15(10)21(18,19)17-14-8-7-12(20-3)9-11(14)2/h4-9,17H,16H2,1-3H3. The molecule has 112 valence electrons. The second-order valence-corrected chi connectivity index (χ2v) is 6.40. The van der Waals surface area contributed by atoms with Crippen molar-refractivity contribution in [3.63, 3.8) is 0 Å². The lowest BCUT2D eigenvalue weighted by Gasteiger charge is -2.14. The Morgan fingerprint density at radius 1 is 1.10 bits per heavy atom. The van der Waals surface area contributed by atoms with Gasteiger partial charge in [-0.1, -0.05) is 12.1 Å². The van der Waals surface area contributed by atoms with Crippen LogP contribution in [0.4, 0.5) is 11.4 Å². The van der Waals surface area contributed by atoms with E-state index in [1.165, 1.54) is 0 Å². The van der Waals surface area contributed by atoms with Crippen molar-refractivity contribution in [3.8, 4) is 5.75 Å². The van der Waals surface area contributed by atoms with Gasteiger partial charge in [-0.05, 0) is 49.2 Å². The van der Waals surface area contributed by atoms with Gasteiger partial charge in [-0.3, -0.25) is 4.72 Å². The Bertz CT molecular complexity index is 750. The van der Waals surface area contributed by atoms with E-state index in [1.54, 1.807) is 50.4 Å². The molecule has 0 unspecified atom stereocenters. The van der Waals surface area contributed by atoms with Crippen molar-refractivity contribution < 1.29 is 13.2 Å². The fourth-order valence-electron chi connectivity index (χ4n) is 2.12. The first kappa shape index (κ1) is 15.2. The average molecular weight is 306 g/mol. The van der Waals surface area contributed by atoms with Crippen molar-refractivity contribution >= 4 is 21.4 Å². The molecule has 0 aromatic heterocycles. The number of nitrogen functional groups attached to an aromatic ring is 1. The van der Waals surface area contributed by atoms with Crippen molar-refractivity contribution in [2.45, 2.75) is 18.7 Å². The summed E-state index contributed by atoms with van der Waals surface area (Å²) in [5, 5.41) is 0. The second kappa shape index (κ2) is 5.65. The molecule has 2 aromatic rings. The Labute approximate surface area is 124 Å². The van der Waals surface area contributed by atoms with E-state index < -0.39 is 10.0 Å². The maximum absolute atomic E-state index is 12.5. The van der Waals surface area contributed by atoms with Crippen molar-refractivity contribution in [1.29, 1.82) is 0 Å². The highest BCUT2D eigenvalue weighted by Crippen LogP contribution is 2.27. The van der Waals surface area contributed by atoms with Crippen LogP contribution < -0.4 is 15.2 Å². The largest absolute Gasteiger partial charge is 0.497 e. The molecule has 2 aromatic carbocycles. The fourth-order valence-corrected chi connectivity index (χ4v) is 3.61. The molecule has 0 amide bonds.